The summed E-state index contributed by atoms with van der Waals surface area (Å²) in [6.45, 7) is 12.7. The van der Waals surface area contributed by atoms with Crippen LogP contribution in [0.25, 0.3) is 16.7 Å². The summed E-state index contributed by atoms with van der Waals surface area (Å²) in [5.74, 6) is 1.87. The monoisotopic (exact) mass is 510 g/mol. The Bertz CT molecular complexity index is 1300. The molecule has 3 aromatic rings. The first-order valence-electron chi connectivity index (χ1n) is 12.9. The maximum Gasteiger partial charge on any atom is 0.410 e. The van der Waals surface area contributed by atoms with Crippen molar-refractivity contribution in [3.8, 4) is 5.82 Å². The number of piperidine rings is 1. The fourth-order valence-corrected chi connectivity index (χ4v) is 5.13. The van der Waals surface area contributed by atoms with Gasteiger partial charge < -0.3 is 19.3 Å². The third-order valence-corrected chi connectivity index (χ3v) is 6.91. The van der Waals surface area contributed by atoms with Crippen molar-refractivity contribution in [2.24, 2.45) is 0 Å². The number of hydrogen-bond donors (Lipinski definition) is 0. The highest BCUT2D eigenvalue weighted by atomic mass is 19.1. The normalized spacial score (nSPS) is 20.9. The molecule has 9 nitrogen and oxygen atoms in total. The zero-order valence-corrected chi connectivity index (χ0v) is 22.2. The molecule has 0 unspecified atom stereocenters. The van der Waals surface area contributed by atoms with Gasteiger partial charge in [0.05, 0.1) is 31.5 Å². The minimum Gasteiger partial charge on any atom is -0.444 e. The number of carbonyl (C=O) groups excluding carboxylic acids is 1. The number of aryl methyl sites for hydroxylation is 2. The number of anilines is 1. The maximum atomic E-state index is 15.5. The van der Waals surface area contributed by atoms with E-state index in [1.165, 1.54) is 4.90 Å². The van der Waals surface area contributed by atoms with Gasteiger partial charge in [0.25, 0.3) is 0 Å². The molecule has 0 aliphatic carbocycles. The van der Waals surface area contributed by atoms with Crippen molar-refractivity contribution in [2.75, 3.05) is 44.3 Å². The smallest absolute Gasteiger partial charge is 0.410 e. The van der Waals surface area contributed by atoms with Crippen LogP contribution in [-0.2, 0) is 9.47 Å². The van der Waals surface area contributed by atoms with E-state index in [0.717, 1.165) is 40.9 Å². The zero-order chi connectivity index (χ0) is 26.3. The van der Waals surface area contributed by atoms with E-state index in [9.17, 15) is 4.79 Å². The highest BCUT2D eigenvalue weighted by Gasteiger charge is 2.35. The molecule has 5 rings (SSSR count). The van der Waals surface area contributed by atoms with E-state index in [-0.39, 0.29) is 12.5 Å². The van der Waals surface area contributed by atoms with Crippen molar-refractivity contribution in [2.45, 2.75) is 58.7 Å². The molecule has 1 amide bonds. The van der Waals surface area contributed by atoms with Crippen LogP contribution in [0.5, 0.6) is 0 Å². The van der Waals surface area contributed by atoms with Gasteiger partial charge in [-0.15, -0.1) is 0 Å². The summed E-state index contributed by atoms with van der Waals surface area (Å²) in [7, 11) is 0. The summed E-state index contributed by atoms with van der Waals surface area (Å²) >= 11 is 0. The molecule has 37 heavy (non-hydrogen) atoms. The minimum absolute atomic E-state index is 0.0182. The number of fused-ring (bicyclic) bond motifs is 1. The standard InChI is InChI=1S/C27H35FN6O3/c1-17-12-19-15-29-34(25-14-24(30-18(2)31-25)32-8-10-36-11-9-32)23(19)13-21(17)20-6-7-33(16-22(20)28)26(35)37-27(3,4)5/h12-15,20,22H,6-11,16H2,1-5H3/t20-,22-/m0/s1. The van der Waals surface area contributed by atoms with Crippen molar-refractivity contribution >= 4 is 22.8 Å². The van der Waals surface area contributed by atoms with Crippen LogP contribution in [0, 0.1) is 13.8 Å². The second kappa shape index (κ2) is 9.89. The summed E-state index contributed by atoms with van der Waals surface area (Å²) in [6, 6.07) is 6.03. The maximum absolute atomic E-state index is 15.5. The largest absolute Gasteiger partial charge is 0.444 e. The second-order valence-electron chi connectivity index (χ2n) is 10.9. The van der Waals surface area contributed by atoms with Gasteiger partial charge in [-0.25, -0.2) is 23.8 Å². The van der Waals surface area contributed by atoms with E-state index in [1.54, 1.807) is 4.68 Å². The number of aromatic nitrogens is 4. The van der Waals surface area contributed by atoms with Gasteiger partial charge in [-0.1, -0.05) is 0 Å². The summed E-state index contributed by atoms with van der Waals surface area (Å²) < 4.78 is 28.2. The van der Waals surface area contributed by atoms with Gasteiger partial charge in [-0.2, -0.15) is 5.10 Å². The van der Waals surface area contributed by atoms with E-state index in [1.807, 2.05) is 52.9 Å². The number of halogens is 1. The van der Waals surface area contributed by atoms with Gasteiger partial charge in [0.2, 0.25) is 0 Å². The molecule has 2 aromatic heterocycles. The molecule has 0 spiro atoms. The van der Waals surface area contributed by atoms with Crippen LogP contribution in [0.1, 0.15) is 50.1 Å². The quantitative estimate of drug-likeness (QED) is 0.518. The number of rotatable bonds is 3. The number of benzene rings is 1. The number of likely N-dealkylation sites (tertiary alicyclic amines) is 1. The summed E-state index contributed by atoms with van der Waals surface area (Å²) in [6.07, 6.45) is 0.682. The number of alkyl halides is 1. The van der Waals surface area contributed by atoms with Crippen molar-refractivity contribution in [3.05, 3.63) is 41.3 Å². The Kier molecular flexibility index (Phi) is 6.78. The summed E-state index contributed by atoms with van der Waals surface area (Å²) in [5.41, 5.74) is 2.21. The molecule has 0 saturated carbocycles. The lowest BCUT2D eigenvalue weighted by molar-refractivity contribution is 0.0111. The third kappa shape index (κ3) is 5.39. The van der Waals surface area contributed by atoms with E-state index < -0.39 is 17.9 Å². The molecule has 4 heterocycles. The van der Waals surface area contributed by atoms with Crippen LogP contribution in [0.4, 0.5) is 15.0 Å². The number of ether oxygens (including phenoxy) is 2. The Labute approximate surface area is 216 Å². The first-order chi connectivity index (χ1) is 17.6. The van der Waals surface area contributed by atoms with Crippen LogP contribution < -0.4 is 4.90 Å². The van der Waals surface area contributed by atoms with E-state index in [2.05, 4.69) is 26.0 Å². The molecule has 2 fully saturated rings. The van der Waals surface area contributed by atoms with Gasteiger partial charge in [0.1, 0.15) is 23.4 Å². The molecule has 0 N–H and O–H groups in total. The second-order valence-corrected chi connectivity index (χ2v) is 10.9. The molecule has 1 aromatic carbocycles. The van der Waals surface area contributed by atoms with Crippen molar-refractivity contribution in [1.29, 1.82) is 0 Å². The topological polar surface area (TPSA) is 85.6 Å². The minimum atomic E-state index is -1.19. The molecule has 2 saturated heterocycles. The molecule has 0 bridgehead atoms. The summed E-state index contributed by atoms with van der Waals surface area (Å²) in [4.78, 5) is 25.4. The van der Waals surface area contributed by atoms with Crippen molar-refractivity contribution in [3.63, 3.8) is 0 Å². The fraction of sp³-hybridized carbons (Fsp3) is 0.556. The van der Waals surface area contributed by atoms with E-state index >= 15 is 4.39 Å². The molecule has 198 valence electrons. The van der Waals surface area contributed by atoms with Crippen LogP contribution in [0.3, 0.4) is 0 Å². The average Bonchev–Trinajstić information content (AvgIpc) is 3.25. The molecular formula is C27H35FN6O3. The van der Waals surface area contributed by atoms with Gasteiger partial charge in [-0.3, -0.25) is 0 Å². The molecule has 2 aliphatic heterocycles. The van der Waals surface area contributed by atoms with Crippen molar-refractivity contribution < 1.29 is 18.7 Å². The van der Waals surface area contributed by atoms with E-state index in [4.69, 9.17) is 9.47 Å². The van der Waals surface area contributed by atoms with Gasteiger partial charge in [0.15, 0.2) is 5.82 Å². The zero-order valence-electron chi connectivity index (χ0n) is 22.2. The van der Waals surface area contributed by atoms with Gasteiger partial charge in [-0.05, 0) is 64.3 Å². The van der Waals surface area contributed by atoms with Crippen molar-refractivity contribution in [1.82, 2.24) is 24.6 Å². The first-order valence-corrected chi connectivity index (χ1v) is 12.9. The number of carbonyl (C=O) groups is 1. The Hall–Kier alpha value is -3.27. The van der Waals surface area contributed by atoms with Crippen LogP contribution in [0.2, 0.25) is 0 Å². The number of hydrogen-bond acceptors (Lipinski definition) is 7. The predicted molar refractivity (Wildman–Crippen MR) is 139 cm³/mol. The molecule has 2 aliphatic rings. The fourth-order valence-electron chi connectivity index (χ4n) is 5.13. The van der Waals surface area contributed by atoms with Crippen LogP contribution >= 0.6 is 0 Å². The van der Waals surface area contributed by atoms with Crippen LogP contribution in [-0.4, -0.2) is 81.9 Å². The molecule has 2 atom stereocenters. The number of nitrogens with zero attached hydrogens (tertiary/aromatic N) is 6. The Morgan fingerprint density at radius 2 is 1.81 bits per heavy atom. The average molecular weight is 511 g/mol. The highest BCUT2D eigenvalue weighted by molar-refractivity contribution is 5.82. The number of amides is 1. The molecule has 10 heteroatoms. The highest BCUT2D eigenvalue weighted by Crippen LogP contribution is 2.35. The Morgan fingerprint density at radius 3 is 2.51 bits per heavy atom. The molecule has 0 radical (unpaired) electrons. The summed E-state index contributed by atoms with van der Waals surface area (Å²) in [5, 5.41) is 5.59. The lowest BCUT2D eigenvalue weighted by Crippen LogP contribution is -2.46. The molecular weight excluding hydrogens is 475 g/mol. The van der Waals surface area contributed by atoms with Gasteiger partial charge in [0, 0.05) is 37.0 Å². The third-order valence-electron chi connectivity index (χ3n) is 6.91. The predicted octanol–water partition coefficient (Wildman–Crippen LogP) is 4.33. The van der Waals surface area contributed by atoms with Gasteiger partial charge >= 0.3 is 6.09 Å². The SMILES string of the molecule is Cc1nc(N2CCOCC2)cc(-n2ncc3cc(C)c([C@@H]4CCN(C(=O)OC(C)(C)C)C[C@@H]4F)cc32)n1. The Morgan fingerprint density at radius 1 is 1.08 bits per heavy atom. The van der Waals surface area contributed by atoms with Crippen LogP contribution in [0.15, 0.2) is 24.4 Å². The number of morpholine rings is 1. The lowest BCUT2D eigenvalue weighted by Gasteiger charge is -2.36. The lowest BCUT2D eigenvalue weighted by atomic mass is 9.85. The Balaban J connectivity index is 1.43. The first kappa shape index (κ1) is 25.4. The van der Waals surface area contributed by atoms with E-state index in [0.29, 0.717) is 37.8 Å².